The zero-order chi connectivity index (χ0) is 14.0. The van der Waals surface area contributed by atoms with Gasteiger partial charge in [0.25, 0.3) is 0 Å². The van der Waals surface area contributed by atoms with Crippen molar-refractivity contribution < 1.29 is 4.74 Å². The second kappa shape index (κ2) is 5.82. The Bertz CT molecular complexity index is 583. The summed E-state index contributed by atoms with van der Waals surface area (Å²) in [6.45, 7) is 0. The Morgan fingerprint density at radius 1 is 1.42 bits per heavy atom. The maximum Gasteiger partial charge on any atom is 0.161 e. The van der Waals surface area contributed by atoms with Gasteiger partial charge in [-0.2, -0.15) is 5.10 Å². The molecule has 2 N–H and O–H groups in total. The van der Waals surface area contributed by atoms with Crippen LogP contribution in [0.5, 0.6) is 5.75 Å². The van der Waals surface area contributed by atoms with Gasteiger partial charge in [0.05, 0.1) is 25.0 Å². The van der Waals surface area contributed by atoms with Crippen LogP contribution in [-0.4, -0.2) is 16.9 Å². The van der Waals surface area contributed by atoms with E-state index in [0.29, 0.717) is 22.2 Å². The van der Waals surface area contributed by atoms with Crippen molar-refractivity contribution in [3.05, 3.63) is 45.7 Å². The van der Waals surface area contributed by atoms with E-state index < -0.39 is 0 Å². The van der Waals surface area contributed by atoms with Gasteiger partial charge in [-0.05, 0) is 24.1 Å². The van der Waals surface area contributed by atoms with Crippen molar-refractivity contribution in [1.29, 1.82) is 0 Å². The summed E-state index contributed by atoms with van der Waals surface area (Å²) in [5.41, 5.74) is 8.01. The normalized spacial score (nSPS) is 12.5. The van der Waals surface area contributed by atoms with Gasteiger partial charge in [0.2, 0.25) is 0 Å². The van der Waals surface area contributed by atoms with Crippen molar-refractivity contribution in [2.24, 2.45) is 12.8 Å². The summed E-state index contributed by atoms with van der Waals surface area (Å²) in [5.74, 6) is 0.681. The molecule has 1 unspecified atom stereocenters. The molecule has 1 heterocycles. The van der Waals surface area contributed by atoms with Gasteiger partial charge in [0.1, 0.15) is 0 Å². The number of aryl methyl sites for hydroxylation is 1. The molecule has 0 bridgehead atoms. The van der Waals surface area contributed by atoms with Crippen LogP contribution in [0.25, 0.3) is 0 Å². The number of halogens is 2. The second-order valence-corrected chi connectivity index (χ2v) is 5.11. The van der Waals surface area contributed by atoms with Gasteiger partial charge >= 0.3 is 0 Å². The number of hydrogen-bond donors (Lipinski definition) is 1. The van der Waals surface area contributed by atoms with E-state index in [4.69, 9.17) is 33.7 Å². The van der Waals surface area contributed by atoms with E-state index in [9.17, 15) is 0 Å². The predicted molar refractivity (Wildman–Crippen MR) is 76.9 cm³/mol. The highest BCUT2D eigenvalue weighted by atomic mass is 35.5. The molecule has 0 spiro atoms. The van der Waals surface area contributed by atoms with E-state index in [0.717, 1.165) is 11.3 Å². The average Bonchev–Trinajstić information content (AvgIpc) is 2.74. The third-order valence-corrected chi connectivity index (χ3v) is 3.56. The van der Waals surface area contributed by atoms with Crippen molar-refractivity contribution in [3.8, 4) is 5.75 Å². The number of benzene rings is 1. The molecule has 1 atom stereocenters. The fourth-order valence-electron chi connectivity index (χ4n) is 2.03. The zero-order valence-corrected chi connectivity index (χ0v) is 12.2. The third-order valence-electron chi connectivity index (χ3n) is 2.98. The molecule has 19 heavy (non-hydrogen) atoms. The Kier molecular flexibility index (Phi) is 4.34. The summed E-state index contributed by atoms with van der Waals surface area (Å²) in [7, 11) is 3.43. The zero-order valence-electron chi connectivity index (χ0n) is 10.7. The number of methoxy groups -OCH3 is 1. The molecule has 102 valence electrons. The van der Waals surface area contributed by atoms with Crippen LogP contribution in [0, 0.1) is 0 Å². The Balaban J connectivity index is 2.25. The summed E-state index contributed by atoms with van der Waals surface area (Å²) < 4.78 is 6.97. The summed E-state index contributed by atoms with van der Waals surface area (Å²) in [6.07, 6.45) is 2.24. The highest BCUT2D eigenvalue weighted by molar-refractivity contribution is 6.35. The summed E-state index contributed by atoms with van der Waals surface area (Å²) in [6, 6.07) is 5.15. The molecule has 0 saturated heterocycles. The average molecular weight is 300 g/mol. The molecule has 0 aliphatic carbocycles. The minimum atomic E-state index is -0.249. The van der Waals surface area contributed by atoms with Gasteiger partial charge in [-0.1, -0.05) is 29.3 Å². The molecular weight excluding hydrogens is 285 g/mol. The molecule has 4 nitrogen and oxygen atoms in total. The molecule has 0 aliphatic rings. The molecule has 0 saturated carbocycles. The molecule has 1 aromatic carbocycles. The van der Waals surface area contributed by atoms with Crippen LogP contribution in [-0.2, 0) is 13.5 Å². The molecule has 6 heteroatoms. The number of rotatable bonds is 4. The fourth-order valence-corrected chi connectivity index (χ4v) is 2.51. The number of aromatic nitrogens is 2. The van der Waals surface area contributed by atoms with Crippen molar-refractivity contribution >= 4 is 23.2 Å². The van der Waals surface area contributed by atoms with Crippen LogP contribution in [0.15, 0.2) is 24.4 Å². The lowest BCUT2D eigenvalue weighted by Gasteiger charge is -2.15. The van der Waals surface area contributed by atoms with Gasteiger partial charge in [-0.25, -0.2) is 0 Å². The lowest BCUT2D eigenvalue weighted by molar-refractivity contribution is 0.402. The fraction of sp³-hybridized carbons (Fsp3) is 0.308. The summed E-state index contributed by atoms with van der Waals surface area (Å²) in [5, 5.41) is 5.37. The SMILES string of the molecule is COc1cnn(C)c1C(N)Cc1ccc(Cl)cc1Cl. The third kappa shape index (κ3) is 3.03. The first-order valence-electron chi connectivity index (χ1n) is 5.78. The van der Waals surface area contributed by atoms with Crippen LogP contribution >= 0.6 is 23.2 Å². The first kappa shape index (κ1) is 14.2. The topological polar surface area (TPSA) is 53.1 Å². The quantitative estimate of drug-likeness (QED) is 0.944. The number of hydrogen-bond acceptors (Lipinski definition) is 3. The van der Waals surface area contributed by atoms with E-state index >= 15 is 0 Å². The number of ether oxygens (including phenoxy) is 1. The minimum Gasteiger partial charge on any atom is -0.493 e. The van der Waals surface area contributed by atoms with E-state index in [1.54, 1.807) is 30.1 Å². The highest BCUT2D eigenvalue weighted by Crippen LogP contribution is 2.28. The van der Waals surface area contributed by atoms with Crippen LogP contribution in [0.4, 0.5) is 0 Å². The second-order valence-electron chi connectivity index (χ2n) is 4.27. The van der Waals surface area contributed by atoms with Gasteiger partial charge in [0, 0.05) is 17.1 Å². The highest BCUT2D eigenvalue weighted by Gasteiger charge is 2.18. The van der Waals surface area contributed by atoms with Gasteiger partial charge in [-0.15, -0.1) is 0 Å². The Hall–Kier alpha value is -1.23. The van der Waals surface area contributed by atoms with Gasteiger partial charge in [-0.3, -0.25) is 4.68 Å². The molecule has 0 amide bonds. The number of nitrogens with zero attached hydrogens (tertiary/aromatic N) is 2. The maximum absolute atomic E-state index is 6.22. The molecule has 0 aliphatic heterocycles. The predicted octanol–water partition coefficient (Wildman–Crippen LogP) is 2.98. The van der Waals surface area contributed by atoms with Crippen molar-refractivity contribution in [2.45, 2.75) is 12.5 Å². The Labute approximate surface area is 122 Å². The van der Waals surface area contributed by atoms with Crippen LogP contribution < -0.4 is 10.5 Å². The van der Waals surface area contributed by atoms with Crippen LogP contribution in [0.2, 0.25) is 10.0 Å². The standard InChI is InChI=1S/C13H15Cl2N3O/c1-18-13(12(19-2)7-17-18)11(16)5-8-3-4-9(14)6-10(8)15/h3-4,6-7,11H,5,16H2,1-2H3. The van der Waals surface area contributed by atoms with E-state index in [1.165, 1.54) is 0 Å². The Morgan fingerprint density at radius 2 is 2.16 bits per heavy atom. The van der Waals surface area contributed by atoms with Crippen molar-refractivity contribution in [1.82, 2.24) is 9.78 Å². The monoisotopic (exact) mass is 299 g/mol. The first-order valence-corrected chi connectivity index (χ1v) is 6.54. The lowest BCUT2D eigenvalue weighted by Crippen LogP contribution is -2.18. The van der Waals surface area contributed by atoms with E-state index in [2.05, 4.69) is 5.10 Å². The first-order chi connectivity index (χ1) is 9.02. The van der Waals surface area contributed by atoms with E-state index in [1.807, 2.05) is 13.1 Å². The molecule has 1 aromatic heterocycles. The van der Waals surface area contributed by atoms with Gasteiger partial charge in [0.15, 0.2) is 5.75 Å². The number of nitrogens with two attached hydrogens (primary N) is 1. The van der Waals surface area contributed by atoms with Gasteiger partial charge < -0.3 is 10.5 Å². The van der Waals surface area contributed by atoms with Crippen molar-refractivity contribution in [2.75, 3.05) is 7.11 Å². The van der Waals surface area contributed by atoms with Crippen LogP contribution in [0.3, 0.4) is 0 Å². The molecule has 0 radical (unpaired) electrons. The van der Waals surface area contributed by atoms with E-state index in [-0.39, 0.29) is 6.04 Å². The minimum absolute atomic E-state index is 0.249. The molecule has 2 rings (SSSR count). The molecule has 0 fully saturated rings. The summed E-state index contributed by atoms with van der Waals surface area (Å²) >= 11 is 12.0. The maximum atomic E-state index is 6.22. The summed E-state index contributed by atoms with van der Waals surface area (Å²) in [4.78, 5) is 0. The van der Waals surface area contributed by atoms with Crippen LogP contribution in [0.1, 0.15) is 17.3 Å². The lowest BCUT2D eigenvalue weighted by atomic mass is 10.0. The Morgan fingerprint density at radius 3 is 2.79 bits per heavy atom. The van der Waals surface area contributed by atoms with Crippen molar-refractivity contribution in [3.63, 3.8) is 0 Å². The largest absolute Gasteiger partial charge is 0.493 e. The molecule has 2 aromatic rings. The smallest absolute Gasteiger partial charge is 0.161 e. The molecular formula is C13H15Cl2N3O.